The Morgan fingerprint density at radius 3 is 2.88 bits per heavy atom. The molecule has 2 heterocycles. The van der Waals surface area contributed by atoms with Crippen molar-refractivity contribution in [2.24, 2.45) is 0 Å². The zero-order chi connectivity index (χ0) is 12.6. The molecule has 0 spiro atoms. The molecule has 1 aromatic heterocycles. The summed E-state index contributed by atoms with van der Waals surface area (Å²) in [5.74, 6) is -0.929. The fraction of sp³-hybridized carbons (Fsp3) is 0.667. The van der Waals surface area contributed by atoms with Gasteiger partial charge in [0.05, 0.1) is 6.61 Å². The Kier molecular flexibility index (Phi) is 2.80. The lowest BCUT2D eigenvalue weighted by Crippen LogP contribution is -2.24. The molecular weight excluding hydrogens is 239 g/mol. The summed E-state index contributed by atoms with van der Waals surface area (Å²) in [6.45, 7) is 1.73. The van der Waals surface area contributed by atoms with Crippen molar-refractivity contribution in [1.82, 2.24) is 14.8 Å². The van der Waals surface area contributed by atoms with E-state index in [4.69, 9.17) is 0 Å². The number of fused-ring (bicyclic) bond motifs is 1. The summed E-state index contributed by atoms with van der Waals surface area (Å²) in [5, 5.41) is 3.57. The first-order valence-corrected chi connectivity index (χ1v) is 5.12. The maximum absolute atomic E-state index is 12.6. The van der Waals surface area contributed by atoms with Gasteiger partial charge in [0, 0.05) is 6.42 Å². The first kappa shape index (κ1) is 11.9. The Bertz CT molecular complexity index is 441. The van der Waals surface area contributed by atoms with E-state index in [2.05, 4.69) is 14.8 Å². The molecule has 8 heteroatoms. The van der Waals surface area contributed by atoms with Gasteiger partial charge in [-0.1, -0.05) is 0 Å². The molecule has 0 fully saturated rings. The third-order valence-electron chi connectivity index (χ3n) is 2.47. The van der Waals surface area contributed by atoms with E-state index in [0.717, 1.165) is 4.68 Å². The number of aryl methyl sites for hydroxylation is 1. The van der Waals surface area contributed by atoms with Crippen molar-refractivity contribution in [3.8, 4) is 0 Å². The molecule has 1 aliphatic heterocycles. The number of aromatic nitrogens is 3. The van der Waals surface area contributed by atoms with Gasteiger partial charge < -0.3 is 4.74 Å². The number of hydrogen-bond donors (Lipinski definition) is 0. The van der Waals surface area contributed by atoms with Crippen LogP contribution >= 0.6 is 0 Å². The van der Waals surface area contributed by atoms with Gasteiger partial charge in [-0.25, -0.2) is 14.5 Å². The number of halogens is 3. The van der Waals surface area contributed by atoms with Gasteiger partial charge in [-0.05, 0) is 13.3 Å². The Morgan fingerprint density at radius 1 is 1.59 bits per heavy atom. The van der Waals surface area contributed by atoms with E-state index in [0.29, 0.717) is 0 Å². The zero-order valence-electron chi connectivity index (χ0n) is 8.99. The molecule has 94 valence electrons. The van der Waals surface area contributed by atoms with Crippen LogP contribution in [0.5, 0.6) is 0 Å². The van der Waals surface area contributed by atoms with Crippen molar-refractivity contribution in [2.45, 2.75) is 32.0 Å². The number of ether oxygens (including phenoxy) is 1. The van der Waals surface area contributed by atoms with Crippen LogP contribution in [-0.2, 0) is 11.2 Å². The van der Waals surface area contributed by atoms with Crippen LogP contribution in [-0.4, -0.2) is 33.5 Å². The molecule has 0 aromatic carbocycles. The van der Waals surface area contributed by atoms with Crippen molar-refractivity contribution >= 4 is 5.97 Å². The number of hydrogen-bond acceptors (Lipinski definition) is 4. The first-order chi connectivity index (χ1) is 7.93. The molecule has 2 rings (SSSR count). The minimum atomic E-state index is -4.37. The summed E-state index contributed by atoms with van der Waals surface area (Å²) < 4.78 is 43.2. The van der Waals surface area contributed by atoms with Crippen molar-refractivity contribution in [1.29, 1.82) is 0 Å². The van der Waals surface area contributed by atoms with Gasteiger partial charge in [-0.15, -0.1) is 5.10 Å². The predicted molar refractivity (Wildman–Crippen MR) is 49.4 cm³/mol. The van der Waals surface area contributed by atoms with E-state index in [1.807, 2.05) is 0 Å². The molecule has 0 aliphatic carbocycles. The van der Waals surface area contributed by atoms with Crippen LogP contribution in [0.15, 0.2) is 0 Å². The van der Waals surface area contributed by atoms with Crippen molar-refractivity contribution in [2.75, 3.05) is 6.61 Å². The molecule has 0 saturated carbocycles. The lowest BCUT2D eigenvalue weighted by atomic mass is 10.2. The van der Waals surface area contributed by atoms with E-state index in [1.54, 1.807) is 6.92 Å². The number of carbonyl (C=O) groups is 1. The molecule has 0 unspecified atom stereocenters. The average molecular weight is 249 g/mol. The van der Waals surface area contributed by atoms with Gasteiger partial charge in [0.2, 0.25) is 0 Å². The first-order valence-electron chi connectivity index (χ1n) is 5.12. The van der Waals surface area contributed by atoms with Gasteiger partial charge in [-0.2, -0.15) is 13.2 Å². The monoisotopic (exact) mass is 249 g/mol. The van der Waals surface area contributed by atoms with Crippen LogP contribution in [0.4, 0.5) is 13.2 Å². The maximum atomic E-state index is 12.6. The van der Waals surface area contributed by atoms with Crippen molar-refractivity contribution in [3.63, 3.8) is 0 Å². The summed E-state index contributed by atoms with van der Waals surface area (Å²) in [4.78, 5) is 15.0. The normalized spacial score (nSPS) is 19.2. The number of esters is 1. The third-order valence-corrected chi connectivity index (χ3v) is 2.47. The van der Waals surface area contributed by atoms with Crippen LogP contribution < -0.4 is 0 Å². The molecule has 0 saturated heterocycles. The summed E-state index contributed by atoms with van der Waals surface area (Å²) >= 11 is 0. The van der Waals surface area contributed by atoms with E-state index in [-0.39, 0.29) is 31.1 Å². The van der Waals surface area contributed by atoms with Gasteiger partial charge in [0.1, 0.15) is 11.9 Å². The highest BCUT2D eigenvalue weighted by Gasteiger charge is 2.46. The fourth-order valence-electron chi connectivity index (χ4n) is 1.75. The van der Waals surface area contributed by atoms with Gasteiger partial charge in [0.25, 0.3) is 5.82 Å². The average Bonchev–Trinajstić information content (AvgIpc) is 2.73. The maximum Gasteiger partial charge on any atom is 0.410 e. The van der Waals surface area contributed by atoms with Gasteiger partial charge in [0.15, 0.2) is 0 Å². The largest absolute Gasteiger partial charge is 0.460 e. The molecule has 1 atom stereocenters. The van der Waals surface area contributed by atoms with Gasteiger partial charge in [-0.3, -0.25) is 0 Å². The molecule has 0 amide bonds. The quantitative estimate of drug-likeness (QED) is 0.745. The van der Waals surface area contributed by atoms with Crippen molar-refractivity contribution in [3.05, 3.63) is 11.6 Å². The Hall–Kier alpha value is -1.60. The smallest absolute Gasteiger partial charge is 0.410 e. The second-order valence-electron chi connectivity index (χ2n) is 3.61. The van der Waals surface area contributed by atoms with E-state index in [9.17, 15) is 18.0 Å². The molecular formula is C9H10F3N3O2. The second-order valence-corrected chi connectivity index (χ2v) is 3.61. The number of carbonyl (C=O) groups excluding carboxylic acids is 1. The van der Waals surface area contributed by atoms with Crippen LogP contribution in [0, 0.1) is 0 Å². The zero-order valence-corrected chi connectivity index (χ0v) is 8.99. The standard InChI is InChI=1S/C9H10F3N3O2/c1-2-17-8(16)7-13-6-4-3-5(9(10,11)12)15(6)14-7/h5H,2-4H2,1H3/t5-/m0/s1. The summed E-state index contributed by atoms with van der Waals surface area (Å²) in [7, 11) is 0. The predicted octanol–water partition coefficient (Wildman–Crippen LogP) is 1.50. The fourth-order valence-corrected chi connectivity index (χ4v) is 1.75. The lowest BCUT2D eigenvalue weighted by Gasteiger charge is -2.14. The molecule has 0 radical (unpaired) electrons. The summed E-state index contributed by atoms with van der Waals surface area (Å²) in [5.41, 5.74) is 0. The van der Waals surface area contributed by atoms with Crippen LogP contribution in [0.25, 0.3) is 0 Å². The van der Waals surface area contributed by atoms with E-state index >= 15 is 0 Å². The SMILES string of the molecule is CCOC(=O)c1nc2n(n1)[C@H](C(F)(F)F)CC2. The molecule has 0 N–H and O–H groups in total. The Morgan fingerprint density at radius 2 is 2.29 bits per heavy atom. The molecule has 5 nitrogen and oxygen atoms in total. The second kappa shape index (κ2) is 4.01. The topological polar surface area (TPSA) is 57.0 Å². The lowest BCUT2D eigenvalue weighted by molar-refractivity contribution is -0.168. The highest BCUT2D eigenvalue weighted by Crippen LogP contribution is 2.38. The minimum Gasteiger partial charge on any atom is -0.460 e. The van der Waals surface area contributed by atoms with E-state index < -0.39 is 18.2 Å². The van der Waals surface area contributed by atoms with Crippen LogP contribution in [0.1, 0.15) is 35.8 Å². The van der Waals surface area contributed by atoms with E-state index in [1.165, 1.54) is 0 Å². The van der Waals surface area contributed by atoms with Crippen molar-refractivity contribution < 1.29 is 22.7 Å². The van der Waals surface area contributed by atoms with Crippen LogP contribution in [0.2, 0.25) is 0 Å². The Labute approximate surface area is 94.6 Å². The summed E-state index contributed by atoms with van der Waals surface area (Å²) in [6, 6.07) is -1.69. The number of nitrogens with zero attached hydrogens (tertiary/aromatic N) is 3. The third kappa shape index (κ3) is 2.11. The molecule has 0 bridgehead atoms. The van der Waals surface area contributed by atoms with Gasteiger partial charge >= 0.3 is 12.1 Å². The Balaban J connectivity index is 2.26. The highest BCUT2D eigenvalue weighted by molar-refractivity contribution is 5.85. The molecule has 17 heavy (non-hydrogen) atoms. The minimum absolute atomic E-state index is 0.0814. The number of alkyl halides is 3. The highest BCUT2D eigenvalue weighted by atomic mass is 19.4. The summed E-state index contributed by atoms with van der Waals surface area (Å²) in [6.07, 6.45) is -4.29. The number of rotatable bonds is 2. The molecule has 1 aromatic rings. The molecule has 1 aliphatic rings. The van der Waals surface area contributed by atoms with Crippen LogP contribution in [0.3, 0.4) is 0 Å².